The Labute approximate surface area is 193 Å². The van der Waals surface area contributed by atoms with Gasteiger partial charge in [-0.15, -0.1) is 0 Å². The first-order valence-corrected chi connectivity index (χ1v) is 13.0. The van der Waals surface area contributed by atoms with Gasteiger partial charge < -0.3 is 0 Å². The lowest BCUT2D eigenvalue weighted by molar-refractivity contribution is 0.443. The van der Waals surface area contributed by atoms with Crippen LogP contribution in [-0.2, 0) is 0 Å². The summed E-state index contributed by atoms with van der Waals surface area (Å²) in [5, 5.41) is 0. The number of hydrogen-bond donors (Lipinski definition) is 0. The first-order chi connectivity index (χ1) is 15.0. The van der Waals surface area contributed by atoms with Crippen molar-refractivity contribution in [1.29, 1.82) is 0 Å². The van der Waals surface area contributed by atoms with E-state index in [9.17, 15) is 0 Å². The minimum absolute atomic E-state index is 0.861. The largest absolute Gasteiger partial charge is 0.0683 e. The molecule has 0 unspecified atom stereocenters. The molecule has 1 saturated carbocycles. The molecule has 0 saturated heterocycles. The fourth-order valence-electron chi connectivity index (χ4n) is 2.55. The van der Waals surface area contributed by atoms with E-state index in [1.165, 1.54) is 32.1 Å². The SMILES string of the molecule is CC.CC.CC.CC.CC.CC.c1ccc(C2CCCCC2)cc1.c1ccccc1. The minimum Gasteiger partial charge on any atom is -0.0683 e. The number of benzene rings is 2. The van der Waals surface area contributed by atoms with Gasteiger partial charge in [0.05, 0.1) is 0 Å². The number of rotatable bonds is 1. The summed E-state index contributed by atoms with van der Waals surface area (Å²) >= 11 is 0. The van der Waals surface area contributed by atoms with Crippen LogP contribution in [0.4, 0.5) is 0 Å². The van der Waals surface area contributed by atoms with Gasteiger partial charge in [-0.3, -0.25) is 0 Å². The molecule has 0 amide bonds. The highest BCUT2D eigenvalue weighted by molar-refractivity contribution is 5.19. The zero-order valence-electron chi connectivity index (χ0n) is 23.0. The van der Waals surface area contributed by atoms with Crippen molar-refractivity contribution in [3.8, 4) is 0 Å². The summed E-state index contributed by atoms with van der Waals surface area (Å²) in [6, 6.07) is 23.0. The second kappa shape index (κ2) is 45.9. The van der Waals surface area contributed by atoms with Gasteiger partial charge in [-0.2, -0.15) is 0 Å². The van der Waals surface area contributed by atoms with Crippen LogP contribution < -0.4 is 0 Å². The molecule has 0 heteroatoms. The Balaban J connectivity index is -0.0000000989. The fourth-order valence-corrected chi connectivity index (χ4v) is 2.55. The Hall–Kier alpha value is -1.56. The molecule has 2 aromatic rings. The molecule has 0 bridgehead atoms. The summed E-state index contributed by atoms with van der Waals surface area (Å²) < 4.78 is 0. The van der Waals surface area contributed by atoms with E-state index >= 15 is 0 Å². The molecule has 1 aliphatic carbocycles. The molecule has 0 spiro atoms. The Morgan fingerprint density at radius 3 is 0.967 bits per heavy atom. The fraction of sp³-hybridized carbons (Fsp3) is 0.600. The normalized spacial score (nSPS) is 10.5. The van der Waals surface area contributed by atoms with Crippen molar-refractivity contribution in [1.82, 2.24) is 0 Å². The highest BCUT2D eigenvalue weighted by Gasteiger charge is 2.14. The van der Waals surface area contributed by atoms with Crippen molar-refractivity contribution >= 4 is 0 Å². The van der Waals surface area contributed by atoms with Crippen molar-refractivity contribution in [3.63, 3.8) is 0 Å². The van der Waals surface area contributed by atoms with Gasteiger partial charge >= 0.3 is 0 Å². The quantitative estimate of drug-likeness (QED) is 0.432. The molecule has 0 aromatic heterocycles. The second-order valence-electron chi connectivity index (χ2n) is 4.90. The first kappa shape index (κ1) is 39.0. The second-order valence-corrected chi connectivity index (χ2v) is 4.90. The molecular weight excluding hydrogens is 360 g/mol. The monoisotopic (exact) mass is 418 g/mol. The molecule has 178 valence electrons. The Bertz CT molecular complexity index is 372. The van der Waals surface area contributed by atoms with Gasteiger partial charge in [-0.25, -0.2) is 0 Å². The van der Waals surface area contributed by atoms with Crippen LogP contribution in [0.2, 0.25) is 0 Å². The van der Waals surface area contributed by atoms with Gasteiger partial charge in [-0.1, -0.05) is 169 Å². The van der Waals surface area contributed by atoms with Crippen LogP contribution in [0.3, 0.4) is 0 Å². The van der Waals surface area contributed by atoms with Gasteiger partial charge in [-0.05, 0) is 24.3 Å². The lowest BCUT2D eigenvalue weighted by Gasteiger charge is -2.21. The highest BCUT2D eigenvalue weighted by atomic mass is 14.2. The van der Waals surface area contributed by atoms with Crippen LogP contribution in [0.15, 0.2) is 66.7 Å². The molecule has 1 aliphatic rings. The van der Waals surface area contributed by atoms with E-state index < -0.39 is 0 Å². The van der Waals surface area contributed by atoms with E-state index in [1.54, 1.807) is 5.56 Å². The van der Waals surface area contributed by atoms with Gasteiger partial charge in [0.15, 0.2) is 0 Å². The van der Waals surface area contributed by atoms with Crippen molar-refractivity contribution in [2.45, 2.75) is 121 Å². The van der Waals surface area contributed by atoms with E-state index in [2.05, 4.69) is 30.3 Å². The molecule has 3 rings (SSSR count). The van der Waals surface area contributed by atoms with Crippen LogP contribution in [0.25, 0.3) is 0 Å². The van der Waals surface area contributed by atoms with E-state index in [0.717, 1.165) is 5.92 Å². The molecular formula is C30H58. The predicted octanol–water partition coefficient (Wildman–Crippen LogP) is 11.6. The van der Waals surface area contributed by atoms with Gasteiger partial charge in [0.25, 0.3) is 0 Å². The van der Waals surface area contributed by atoms with Gasteiger partial charge in [0.2, 0.25) is 0 Å². The van der Waals surface area contributed by atoms with Crippen molar-refractivity contribution in [3.05, 3.63) is 72.3 Å². The van der Waals surface area contributed by atoms with Crippen LogP contribution in [0.1, 0.15) is 127 Å². The van der Waals surface area contributed by atoms with E-state index in [1.807, 2.05) is 119 Å². The molecule has 0 heterocycles. The Morgan fingerprint density at radius 1 is 0.400 bits per heavy atom. The molecule has 30 heavy (non-hydrogen) atoms. The maximum absolute atomic E-state index is 2.27. The van der Waals surface area contributed by atoms with E-state index in [4.69, 9.17) is 0 Å². The van der Waals surface area contributed by atoms with Crippen LogP contribution in [0.5, 0.6) is 0 Å². The molecule has 0 N–H and O–H groups in total. The lowest BCUT2D eigenvalue weighted by Crippen LogP contribution is -2.03. The summed E-state index contributed by atoms with van der Waals surface area (Å²) in [4.78, 5) is 0. The molecule has 1 fully saturated rings. The molecule has 0 atom stereocenters. The van der Waals surface area contributed by atoms with Crippen molar-refractivity contribution in [2.24, 2.45) is 0 Å². The van der Waals surface area contributed by atoms with E-state index in [-0.39, 0.29) is 0 Å². The number of hydrogen-bond acceptors (Lipinski definition) is 0. The summed E-state index contributed by atoms with van der Waals surface area (Å²) in [6.07, 6.45) is 7.12. The zero-order chi connectivity index (χ0) is 24.5. The van der Waals surface area contributed by atoms with Crippen LogP contribution in [-0.4, -0.2) is 0 Å². The topological polar surface area (TPSA) is 0 Å². The maximum Gasteiger partial charge on any atom is -0.0162 e. The van der Waals surface area contributed by atoms with Crippen molar-refractivity contribution in [2.75, 3.05) is 0 Å². The summed E-state index contributed by atoms with van der Waals surface area (Å²) in [7, 11) is 0. The standard InChI is InChI=1S/C12H16.C6H6.6C2H6/c1-3-7-11(8-4-1)12-9-5-2-6-10-12;1-2-4-6-5-3-1;6*1-2/h1,3-4,7-8,12H,2,5-6,9-10H2;1-6H;6*1-2H3. The summed E-state index contributed by atoms with van der Waals surface area (Å²) in [6.45, 7) is 24.0. The highest BCUT2D eigenvalue weighted by Crippen LogP contribution is 2.32. The third-order valence-corrected chi connectivity index (χ3v) is 3.54. The molecule has 0 aliphatic heterocycles. The smallest absolute Gasteiger partial charge is 0.0162 e. The Kier molecular flexibility index (Phi) is 59.6. The van der Waals surface area contributed by atoms with Crippen LogP contribution >= 0.6 is 0 Å². The predicted molar refractivity (Wildman–Crippen MR) is 147 cm³/mol. The van der Waals surface area contributed by atoms with Gasteiger partial charge in [0, 0.05) is 0 Å². The summed E-state index contributed by atoms with van der Waals surface area (Å²) in [5.41, 5.74) is 1.55. The lowest BCUT2D eigenvalue weighted by atomic mass is 9.84. The average molecular weight is 419 g/mol. The summed E-state index contributed by atoms with van der Waals surface area (Å²) in [5.74, 6) is 0.861. The molecule has 0 nitrogen and oxygen atoms in total. The van der Waals surface area contributed by atoms with Gasteiger partial charge in [0.1, 0.15) is 0 Å². The Morgan fingerprint density at radius 2 is 0.667 bits per heavy atom. The third kappa shape index (κ3) is 28.6. The zero-order valence-corrected chi connectivity index (χ0v) is 23.0. The maximum atomic E-state index is 2.27. The molecule has 2 aromatic carbocycles. The first-order valence-electron chi connectivity index (χ1n) is 13.0. The average Bonchev–Trinajstić information content (AvgIpc) is 2.93. The van der Waals surface area contributed by atoms with Crippen LogP contribution in [0, 0.1) is 0 Å². The third-order valence-electron chi connectivity index (χ3n) is 3.54. The molecule has 0 radical (unpaired) electrons. The van der Waals surface area contributed by atoms with E-state index in [0.29, 0.717) is 0 Å². The van der Waals surface area contributed by atoms with Crippen molar-refractivity contribution < 1.29 is 0 Å². The minimum atomic E-state index is 0.861.